The number of carbonyl (C=O) groups is 4. The first-order valence-electron chi connectivity index (χ1n) is 38.9. The van der Waals surface area contributed by atoms with Crippen LogP contribution in [0, 0.1) is 17.8 Å². The molecule has 0 aromatic heterocycles. The summed E-state index contributed by atoms with van der Waals surface area (Å²) < 4.78 is 68.5. The maximum Gasteiger partial charge on any atom is 0.472 e. The molecule has 0 fully saturated rings. The van der Waals surface area contributed by atoms with Gasteiger partial charge in [-0.1, -0.05) is 331 Å². The Balaban J connectivity index is 5.25. The number of esters is 4. The highest BCUT2D eigenvalue weighted by Gasteiger charge is 2.30. The molecule has 0 spiro atoms. The van der Waals surface area contributed by atoms with Gasteiger partial charge >= 0.3 is 39.5 Å². The number of carbonyl (C=O) groups excluding carboxylic acids is 4. The highest BCUT2D eigenvalue weighted by atomic mass is 31.2. The quantitative estimate of drug-likeness (QED) is 0.0222. The minimum Gasteiger partial charge on any atom is -0.462 e. The summed E-state index contributed by atoms with van der Waals surface area (Å²) in [5.41, 5.74) is 0. The van der Waals surface area contributed by atoms with Gasteiger partial charge in [0.15, 0.2) is 12.2 Å². The number of rotatable bonds is 73. The zero-order valence-corrected chi connectivity index (χ0v) is 63.2. The largest absolute Gasteiger partial charge is 0.472 e. The van der Waals surface area contributed by atoms with Gasteiger partial charge in [-0.25, -0.2) is 9.13 Å². The smallest absolute Gasteiger partial charge is 0.462 e. The molecular formula is C75H146O17P2. The Morgan fingerprint density at radius 1 is 0.309 bits per heavy atom. The van der Waals surface area contributed by atoms with Crippen LogP contribution in [0.25, 0.3) is 0 Å². The van der Waals surface area contributed by atoms with E-state index in [1.807, 2.05) is 0 Å². The summed E-state index contributed by atoms with van der Waals surface area (Å²) in [7, 11) is -9.91. The lowest BCUT2D eigenvalue weighted by Gasteiger charge is -2.21. The SMILES string of the molecule is CCCCCCCCCCCCC(=O)OC[C@H](COP(=O)(O)OC[C@H](O)COP(=O)(O)OC[C@@H](COC(=O)CCCCCCCCCCCCCC(C)C)OC(=O)CCCCCCCCCCCCCCCCC(C)CC)OC(=O)CCCCCCCCCCCC(C)C. The van der Waals surface area contributed by atoms with E-state index in [0.717, 1.165) is 108 Å². The van der Waals surface area contributed by atoms with Gasteiger partial charge in [-0.2, -0.15) is 0 Å². The second kappa shape index (κ2) is 65.7. The second-order valence-electron chi connectivity index (χ2n) is 28.2. The lowest BCUT2D eigenvalue weighted by atomic mass is 9.99. The van der Waals surface area contributed by atoms with E-state index in [0.29, 0.717) is 25.7 Å². The molecule has 3 unspecified atom stereocenters. The van der Waals surface area contributed by atoms with Gasteiger partial charge in [0, 0.05) is 25.7 Å². The number of aliphatic hydroxyl groups is 1. The topological polar surface area (TPSA) is 237 Å². The van der Waals surface area contributed by atoms with Gasteiger partial charge in [0.25, 0.3) is 0 Å². The number of unbranched alkanes of at least 4 members (excludes halogenated alkanes) is 40. The van der Waals surface area contributed by atoms with Gasteiger partial charge in [-0.15, -0.1) is 0 Å². The fraction of sp³-hybridized carbons (Fsp3) is 0.947. The van der Waals surface area contributed by atoms with Crippen molar-refractivity contribution >= 4 is 39.5 Å². The average Bonchev–Trinajstić information content (AvgIpc) is 1.28. The first-order chi connectivity index (χ1) is 45.3. The fourth-order valence-electron chi connectivity index (χ4n) is 11.4. The zero-order valence-electron chi connectivity index (χ0n) is 61.4. The fourth-order valence-corrected chi connectivity index (χ4v) is 13.0. The lowest BCUT2D eigenvalue weighted by Crippen LogP contribution is -2.30. The molecule has 0 aliphatic heterocycles. The van der Waals surface area contributed by atoms with Gasteiger partial charge in [0.2, 0.25) is 0 Å². The van der Waals surface area contributed by atoms with E-state index in [9.17, 15) is 43.2 Å². The average molecular weight is 1380 g/mol. The van der Waals surface area contributed by atoms with Gasteiger partial charge in [0.1, 0.15) is 19.3 Å². The van der Waals surface area contributed by atoms with Crippen molar-refractivity contribution in [1.82, 2.24) is 0 Å². The first kappa shape index (κ1) is 92.1. The van der Waals surface area contributed by atoms with Gasteiger partial charge in [0.05, 0.1) is 26.4 Å². The van der Waals surface area contributed by atoms with Crippen LogP contribution in [-0.4, -0.2) is 96.7 Å². The molecule has 0 bridgehead atoms. The second-order valence-corrected chi connectivity index (χ2v) is 31.1. The van der Waals surface area contributed by atoms with Crippen LogP contribution in [0.15, 0.2) is 0 Å². The summed E-state index contributed by atoms with van der Waals surface area (Å²) in [5.74, 6) is 0.234. The van der Waals surface area contributed by atoms with Crippen LogP contribution >= 0.6 is 15.6 Å². The van der Waals surface area contributed by atoms with Gasteiger partial charge in [-0.3, -0.25) is 37.3 Å². The molecule has 0 saturated heterocycles. The minimum atomic E-state index is -4.96. The number of hydrogen-bond acceptors (Lipinski definition) is 15. The van der Waals surface area contributed by atoms with Gasteiger partial charge < -0.3 is 33.8 Å². The Morgan fingerprint density at radius 2 is 0.543 bits per heavy atom. The molecule has 0 rings (SSSR count). The molecule has 558 valence electrons. The summed E-state index contributed by atoms with van der Waals surface area (Å²) >= 11 is 0. The molecular weight excluding hydrogens is 1230 g/mol. The van der Waals surface area contributed by atoms with Crippen LogP contribution < -0.4 is 0 Å². The maximum absolute atomic E-state index is 13.1. The van der Waals surface area contributed by atoms with Gasteiger partial charge in [-0.05, 0) is 43.4 Å². The molecule has 0 saturated carbocycles. The van der Waals surface area contributed by atoms with E-state index in [-0.39, 0.29) is 25.7 Å². The van der Waals surface area contributed by atoms with E-state index >= 15 is 0 Å². The Hall–Kier alpha value is -1.94. The van der Waals surface area contributed by atoms with Crippen molar-refractivity contribution < 1.29 is 80.2 Å². The van der Waals surface area contributed by atoms with Crippen molar-refractivity contribution in [3.63, 3.8) is 0 Å². The molecule has 0 aliphatic carbocycles. The van der Waals surface area contributed by atoms with Crippen LogP contribution in [0.3, 0.4) is 0 Å². The number of aliphatic hydroxyl groups excluding tert-OH is 1. The van der Waals surface area contributed by atoms with E-state index in [1.54, 1.807) is 0 Å². The van der Waals surface area contributed by atoms with Crippen LogP contribution in [0.1, 0.15) is 382 Å². The summed E-state index contributed by atoms with van der Waals surface area (Å²) in [4.78, 5) is 72.7. The van der Waals surface area contributed by atoms with E-state index in [4.69, 9.17) is 37.0 Å². The Kier molecular flexibility index (Phi) is 64.3. The van der Waals surface area contributed by atoms with Crippen molar-refractivity contribution in [3.05, 3.63) is 0 Å². The van der Waals surface area contributed by atoms with Crippen LogP contribution in [0.2, 0.25) is 0 Å². The van der Waals surface area contributed by atoms with Crippen LogP contribution in [0.5, 0.6) is 0 Å². The molecule has 17 nitrogen and oxygen atoms in total. The van der Waals surface area contributed by atoms with Crippen molar-refractivity contribution in [2.45, 2.75) is 401 Å². The molecule has 0 radical (unpaired) electrons. The molecule has 0 aliphatic rings. The Labute approximate surface area is 575 Å². The highest BCUT2D eigenvalue weighted by Crippen LogP contribution is 2.45. The van der Waals surface area contributed by atoms with Crippen molar-refractivity contribution in [2.24, 2.45) is 17.8 Å². The number of phosphoric acid groups is 2. The summed E-state index contributed by atoms with van der Waals surface area (Å²) in [6.07, 6.45) is 51.2. The molecule has 0 aromatic rings. The van der Waals surface area contributed by atoms with E-state index in [1.165, 1.54) is 193 Å². The third-order valence-corrected chi connectivity index (χ3v) is 19.6. The summed E-state index contributed by atoms with van der Waals surface area (Å²) in [5, 5.41) is 10.6. The zero-order chi connectivity index (χ0) is 69.4. The molecule has 0 aromatic carbocycles. The lowest BCUT2D eigenvalue weighted by molar-refractivity contribution is -0.161. The van der Waals surface area contributed by atoms with Crippen LogP contribution in [0.4, 0.5) is 0 Å². The molecule has 0 heterocycles. The van der Waals surface area contributed by atoms with Crippen molar-refractivity contribution in [1.29, 1.82) is 0 Å². The molecule has 0 amide bonds. The Morgan fingerprint density at radius 3 is 0.809 bits per heavy atom. The van der Waals surface area contributed by atoms with Crippen molar-refractivity contribution in [3.8, 4) is 0 Å². The number of phosphoric ester groups is 2. The summed E-state index contributed by atoms with van der Waals surface area (Å²) in [6.45, 7) is 11.9. The standard InChI is InChI=1S/C75H146O17P2/c1-8-10-11-12-13-14-28-35-42-49-56-72(77)85-62-71(92-75(80)59-52-45-38-31-24-26-33-40-47-54-67(5)6)65-90-94(83,84)88-61-69(76)60-87-93(81,82)89-64-70(63-86-73(78)57-50-43-36-29-23-19-20-25-32-39-46-53-66(3)4)91-74(79)58-51-44-37-30-22-18-16-15-17-21-27-34-41-48-55-68(7)9-2/h66-71,76H,8-65H2,1-7H3,(H,81,82)(H,83,84)/t68?,69-,70-,71-/m1/s1. The number of hydrogen-bond donors (Lipinski definition) is 3. The third kappa shape index (κ3) is 67.3. The minimum absolute atomic E-state index is 0.105. The first-order valence-corrected chi connectivity index (χ1v) is 41.9. The normalized spacial score (nSPS) is 14.4. The predicted octanol–water partition coefficient (Wildman–Crippen LogP) is 21.8. The predicted molar refractivity (Wildman–Crippen MR) is 381 cm³/mol. The third-order valence-electron chi connectivity index (χ3n) is 17.7. The summed E-state index contributed by atoms with van der Waals surface area (Å²) in [6, 6.07) is 0. The maximum atomic E-state index is 13.1. The van der Waals surface area contributed by atoms with E-state index in [2.05, 4.69) is 48.5 Å². The highest BCUT2D eigenvalue weighted by molar-refractivity contribution is 7.47. The molecule has 94 heavy (non-hydrogen) atoms. The Bertz CT molecular complexity index is 1840. The molecule has 6 atom stereocenters. The van der Waals surface area contributed by atoms with Crippen LogP contribution in [-0.2, 0) is 65.4 Å². The van der Waals surface area contributed by atoms with Crippen molar-refractivity contribution in [2.75, 3.05) is 39.6 Å². The monoisotopic (exact) mass is 1380 g/mol. The molecule has 19 heteroatoms. The number of ether oxygens (including phenoxy) is 4. The molecule has 3 N–H and O–H groups in total. The van der Waals surface area contributed by atoms with E-state index < -0.39 is 97.5 Å².